The molecular weight excluding hydrogens is 176 g/mol. The molecular formula is C11H18N2O. The highest BCUT2D eigenvalue weighted by Crippen LogP contribution is 2.32. The van der Waals surface area contributed by atoms with E-state index >= 15 is 0 Å². The summed E-state index contributed by atoms with van der Waals surface area (Å²) >= 11 is 0. The van der Waals surface area contributed by atoms with E-state index in [1.807, 2.05) is 13.8 Å². The van der Waals surface area contributed by atoms with Gasteiger partial charge in [-0.1, -0.05) is 13.8 Å². The number of carbonyl (C=O) groups is 1. The molecule has 0 saturated heterocycles. The first-order chi connectivity index (χ1) is 6.65. The minimum Gasteiger partial charge on any atom is -0.338 e. The molecule has 1 aliphatic rings. The zero-order valence-electron chi connectivity index (χ0n) is 8.97. The topological polar surface area (TPSA) is 52.9 Å². The third kappa shape index (κ3) is 2.73. The maximum Gasteiger partial charge on any atom is 0.221 e. The second-order valence-electron chi connectivity index (χ2n) is 4.10. The van der Waals surface area contributed by atoms with Crippen LogP contribution in [0.3, 0.4) is 0 Å². The van der Waals surface area contributed by atoms with Gasteiger partial charge in [0, 0.05) is 6.42 Å². The van der Waals surface area contributed by atoms with E-state index in [9.17, 15) is 4.79 Å². The van der Waals surface area contributed by atoms with Crippen molar-refractivity contribution in [1.29, 1.82) is 5.26 Å². The smallest absolute Gasteiger partial charge is 0.221 e. The molecule has 0 bridgehead atoms. The van der Waals surface area contributed by atoms with E-state index in [4.69, 9.17) is 5.26 Å². The Morgan fingerprint density at radius 3 is 2.43 bits per heavy atom. The number of hydrogen-bond donors (Lipinski definition) is 1. The van der Waals surface area contributed by atoms with Gasteiger partial charge in [0.2, 0.25) is 5.91 Å². The third-order valence-corrected chi connectivity index (χ3v) is 2.97. The number of hydrogen-bond acceptors (Lipinski definition) is 2. The Labute approximate surface area is 85.5 Å². The Bertz CT molecular complexity index is 247. The summed E-state index contributed by atoms with van der Waals surface area (Å²) in [6.45, 7) is 3.87. The van der Waals surface area contributed by atoms with E-state index in [1.54, 1.807) is 0 Å². The van der Waals surface area contributed by atoms with Crippen LogP contribution in [0, 0.1) is 17.2 Å². The van der Waals surface area contributed by atoms with Crippen LogP contribution in [0.4, 0.5) is 0 Å². The molecule has 0 spiro atoms. The molecule has 3 heteroatoms. The third-order valence-electron chi connectivity index (χ3n) is 2.97. The lowest BCUT2D eigenvalue weighted by molar-refractivity contribution is -0.122. The summed E-state index contributed by atoms with van der Waals surface area (Å²) < 4.78 is 0. The maximum atomic E-state index is 11.5. The standard InChI is InChI=1S/C11H18N2O/c1-3-11(4-2,8-12)13-10(14)7-9-5-6-9/h9H,3-7H2,1-2H3,(H,13,14). The predicted molar refractivity (Wildman–Crippen MR) is 54.4 cm³/mol. The van der Waals surface area contributed by atoms with Gasteiger partial charge in [-0.05, 0) is 31.6 Å². The number of nitrogens with one attached hydrogen (secondary N) is 1. The minimum absolute atomic E-state index is 0.0396. The Morgan fingerprint density at radius 1 is 1.50 bits per heavy atom. The molecule has 0 radical (unpaired) electrons. The molecule has 0 aromatic rings. The van der Waals surface area contributed by atoms with E-state index in [-0.39, 0.29) is 5.91 Å². The van der Waals surface area contributed by atoms with E-state index in [0.717, 1.165) is 0 Å². The molecule has 0 aromatic carbocycles. The Hall–Kier alpha value is -1.04. The van der Waals surface area contributed by atoms with E-state index in [1.165, 1.54) is 12.8 Å². The van der Waals surface area contributed by atoms with Gasteiger partial charge in [-0.15, -0.1) is 0 Å². The molecule has 14 heavy (non-hydrogen) atoms. The first-order valence-corrected chi connectivity index (χ1v) is 5.38. The maximum absolute atomic E-state index is 11.5. The molecule has 1 N–H and O–H groups in total. The second-order valence-corrected chi connectivity index (χ2v) is 4.10. The number of carbonyl (C=O) groups excluding carboxylic acids is 1. The summed E-state index contributed by atoms with van der Waals surface area (Å²) in [7, 11) is 0. The van der Waals surface area contributed by atoms with Crippen LogP contribution in [0.5, 0.6) is 0 Å². The second kappa shape index (κ2) is 4.45. The molecule has 1 rings (SSSR count). The molecule has 0 atom stereocenters. The average molecular weight is 194 g/mol. The van der Waals surface area contributed by atoms with Gasteiger partial charge in [0.25, 0.3) is 0 Å². The Kier molecular flexibility index (Phi) is 3.51. The van der Waals surface area contributed by atoms with Crippen molar-refractivity contribution >= 4 is 5.91 Å². The molecule has 3 nitrogen and oxygen atoms in total. The van der Waals surface area contributed by atoms with Crippen LogP contribution < -0.4 is 5.32 Å². The highest BCUT2D eigenvalue weighted by Gasteiger charge is 2.30. The first kappa shape index (κ1) is 11.0. The normalized spacial score (nSPS) is 16.1. The molecule has 78 valence electrons. The number of rotatable bonds is 5. The van der Waals surface area contributed by atoms with Crippen LogP contribution in [0.15, 0.2) is 0 Å². The number of nitrogens with zero attached hydrogens (tertiary/aromatic N) is 1. The number of amides is 1. The fraction of sp³-hybridized carbons (Fsp3) is 0.818. The first-order valence-electron chi connectivity index (χ1n) is 5.38. The van der Waals surface area contributed by atoms with Crippen LogP contribution in [0.2, 0.25) is 0 Å². The van der Waals surface area contributed by atoms with Gasteiger partial charge in [-0.3, -0.25) is 4.79 Å². The van der Waals surface area contributed by atoms with Gasteiger partial charge in [-0.25, -0.2) is 0 Å². The van der Waals surface area contributed by atoms with E-state index in [0.29, 0.717) is 25.2 Å². The van der Waals surface area contributed by atoms with Gasteiger partial charge in [0.05, 0.1) is 6.07 Å². The molecule has 1 aliphatic carbocycles. The SMILES string of the molecule is CCC(C#N)(CC)NC(=O)CC1CC1. The van der Waals surface area contributed by atoms with Crippen molar-refractivity contribution in [3.8, 4) is 6.07 Å². The van der Waals surface area contributed by atoms with Crippen molar-refractivity contribution in [2.24, 2.45) is 5.92 Å². The lowest BCUT2D eigenvalue weighted by Gasteiger charge is -2.24. The van der Waals surface area contributed by atoms with Crippen LogP contribution in [-0.4, -0.2) is 11.4 Å². The zero-order valence-corrected chi connectivity index (χ0v) is 8.97. The van der Waals surface area contributed by atoms with Gasteiger partial charge in [0.15, 0.2) is 0 Å². The van der Waals surface area contributed by atoms with Crippen LogP contribution in [0.25, 0.3) is 0 Å². The van der Waals surface area contributed by atoms with Gasteiger partial charge in [-0.2, -0.15) is 5.26 Å². The molecule has 0 heterocycles. The molecule has 1 fully saturated rings. The highest BCUT2D eigenvalue weighted by molar-refractivity contribution is 5.77. The van der Waals surface area contributed by atoms with Crippen molar-refractivity contribution in [3.05, 3.63) is 0 Å². The lowest BCUT2D eigenvalue weighted by Crippen LogP contribution is -2.46. The van der Waals surface area contributed by atoms with Crippen LogP contribution in [0.1, 0.15) is 46.0 Å². The molecule has 0 aliphatic heterocycles. The van der Waals surface area contributed by atoms with Crippen molar-refractivity contribution in [1.82, 2.24) is 5.32 Å². The van der Waals surface area contributed by atoms with Crippen molar-refractivity contribution in [3.63, 3.8) is 0 Å². The van der Waals surface area contributed by atoms with Gasteiger partial charge in [0.1, 0.15) is 5.54 Å². The van der Waals surface area contributed by atoms with Crippen LogP contribution >= 0.6 is 0 Å². The monoisotopic (exact) mass is 194 g/mol. The van der Waals surface area contributed by atoms with Crippen molar-refractivity contribution in [2.75, 3.05) is 0 Å². The highest BCUT2D eigenvalue weighted by atomic mass is 16.1. The molecule has 0 aromatic heterocycles. The summed E-state index contributed by atoms with van der Waals surface area (Å²) in [5.41, 5.74) is -0.633. The largest absolute Gasteiger partial charge is 0.338 e. The van der Waals surface area contributed by atoms with E-state index < -0.39 is 5.54 Å². The fourth-order valence-electron chi connectivity index (χ4n) is 1.51. The summed E-state index contributed by atoms with van der Waals surface area (Å²) in [4.78, 5) is 11.5. The van der Waals surface area contributed by atoms with Crippen molar-refractivity contribution in [2.45, 2.75) is 51.5 Å². The molecule has 1 amide bonds. The number of nitriles is 1. The van der Waals surface area contributed by atoms with Crippen molar-refractivity contribution < 1.29 is 4.79 Å². The summed E-state index contributed by atoms with van der Waals surface area (Å²) in [5.74, 6) is 0.623. The summed E-state index contributed by atoms with van der Waals surface area (Å²) in [6.07, 6.45) is 4.30. The average Bonchev–Trinajstić information content (AvgIpc) is 2.98. The Morgan fingerprint density at radius 2 is 2.07 bits per heavy atom. The van der Waals surface area contributed by atoms with Gasteiger partial charge < -0.3 is 5.32 Å². The van der Waals surface area contributed by atoms with Crippen LogP contribution in [-0.2, 0) is 4.79 Å². The van der Waals surface area contributed by atoms with Gasteiger partial charge >= 0.3 is 0 Å². The summed E-state index contributed by atoms with van der Waals surface area (Å²) in [6, 6.07) is 2.21. The predicted octanol–water partition coefficient (Wildman–Crippen LogP) is 1.99. The summed E-state index contributed by atoms with van der Waals surface area (Å²) in [5, 5.41) is 11.9. The molecule has 1 saturated carbocycles. The quantitative estimate of drug-likeness (QED) is 0.727. The lowest BCUT2D eigenvalue weighted by atomic mass is 9.94. The Balaban J connectivity index is 2.45. The minimum atomic E-state index is -0.633. The molecule has 0 unspecified atom stereocenters. The zero-order chi connectivity index (χ0) is 10.6. The fourth-order valence-corrected chi connectivity index (χ4v) is 1.51. The van der Waals surface area contributed by atoms with E-state index in [2.05, 4.69) is 11.4 Å².